The molecule has 0 bridgehead atoms. The molecule has 22 heavy (non-hydrogen) atoms. The molecule has 1 aromatic rings. The molecular weight excluding hydrogens is 283 g/mol. The van der Waals surface area contributed by atoms with Crippen LogP contribution in [0.25, 0.3) is 0 Å². The van der Waals surface area contributed by atoms with Crippen LogP contribution in [0.15, 0.2) is 24.3 Å². The summed E-state index contributed by atoms with van der Waals surface area (Å²) in [5.41, 5.74) is 0. The van der Waals surface area contributed by atoms with Crippen LogP contribution in [0.1, 0.15) is 25.7 Å². The normalized spacial score (nSPS) is 21.6. The van der Waals surface area contributed by atoms with Crippen LogP contribution in [0.3, 0.4) is 0 Å². The maximum absolute atomic E-state index is 12.8. The van der Waals surface area contributed by atoms with Crippen molar-refractivity contribution in [2.75, 3.05) is 27.2 Å². The largest absolute Gasteiger partial charge is 0.484 e. The van der Waals surface area contributed by atoms with Gasteiger partial charge in [-0.2, -0.15) is 0 Å². The van der Waals surface area contributed by atoms with Gasteiger partial charge in [-0.1, -0.05) is 12.8 Å². The zero-order chi connectivity index (χ0) is 15.9. The minimum atomic E-state index is -0.314. The second kappa shape index (κ2) is 8.13. The summed E-state index contributed by atoms with van der Waals surface area (Å²) in [6.45, 7) is 0.959. The van der Waals surface area contributed by atoms with Gasteiger partial charge in [0.2, 0.25) is 0 Å². The number of ether oxygens (including phenoxy) is 1. The lowest BCUT2D eigenvalue weighted by Gasteiger charge is -2.33. The minimum Gasteiger partial charge on any atom is -0.484 e. The first-order chi connectivity index (χ1) is 10.5. The molecule has 0 radical (unpaired) electrons. The highest BCUT2D eigenvalue weighted by molar-refractivity contribution is 5.77. The molecule has 0 aliphatic heterocycles. The van der Waals surface area contributed by atoms with Gasteiger partial charge in [-0.3, -0.25) is 4.79 Å². The summed E-state index contributed by atoms with van der Waals surface area (Å²) in [7, 11) is 4.12. The highest BCUT2D eigenvalue weighted by Gasteiger charge is 2.26. The van der Waals surface area contributed by atoms with Gasteiger partial charge in [0.25, 0.3) is 5.91 Å². The summed E-state index contributed by atoms with van der Waals surface area (Å²) < 4.78 is 18.2. The Kier molecular flexibility index (Phi) is 6.19. The fourth-order valence-electron chi connectivity index (χ4n) is 3.01. The molecule has 1 amide bonds. The van der Waals surface area contributed by atoms with E-state index in [1.165, 1.54) is 30.7 Å². The number of benzene rings is 1. The van der Waals surface area contributed by atoms with Crippen molar-refractivity contribution >= 4 is 5.91 Å². The predicted molar refractivity (Wildman–Crippen MR) is 84.3 cm³/mol. The van der Waals surface area contributed by atoms with E-state index in [2.05, 4.69) is 24.3 Å². The van der Waals surface area contributed by atoms with Crippen molar-refractivity contribution in [3.63, 3.8) is 0 Å². The van der Waals surface area contributed by atoms with Crippen LogP contribution >= 0.6 is 0 Å². The molecule has 2 rings (SSSR count). The third kappa shape index (κ3) is 5.30. The number of nitrogens with zero attached hydrogens (tertiary/aromatic N) is 1. The molecule has 2 atom stereocenters. The minimum absolute atomic E-state index is 0.0309. The van der Waals surface area contributed by atoms with Gasteiger partial charge >= 0.3 is 0 Å². The Balaban J connectivity index is 1.80. The number of carbonyl (C=O) groups excluding carboxylic acids is 1. The molecule has 2 unspecified atom stereocenters. The highest BCUT2D eigenvalue weighted by Crippen LogP contribution is 2.25. The van der Waals surface area contributed by atoms with Crippen LogP contribution < -0.4 is 10.1 Å². The summed E-state index contributed by atoms with van der Waals surface area (Å²) in [5.74, 6) is 0.578. The van der Waals surface area contributed by atoms with E-state index >= 15 is 0 Å². The molecule has 1 saturated carbocycles. The average molecular weight is 308 g/mol. The van der Waals surface area contributed by atoms with Crippen LogP contribution in [-0.2, 0) is 4.79 Å². The fourth-order valence-corrected chi connectivity index (χ4v) is 3.01. The van der Waals surface area contributed by atoms with Gasteiger partial charge in [0, 0.05) is 12.6 Å². The van der Waals surface area contributed by atoms with Crippen molar-refractivity contribution in [1.29, 1.82) is 0 Å². The van der Waals surface area contributed by atoms with Gasteiger partial charge in [0.05, 0.1) is 0 Å². The summed E-state index contributed by atoms with van der Waals surface area (Å²) >= 11 is 0. The van der Waals surface area contributed by atoms with E-state index in [4.69, 9.17) is 4.74 Å². The first-order valence-corrected chi connectivity index (χ1v) is 7.87. The molecule has 0 spiro atoms. The van der Waals surface area contributed by atoms with E-state index in [0.29, 0.717) is 11.7 Å². The van der Waals surface area contributed by atoms with Gasteiger partial charge in [-0.25, -0.2) is 4.39 Å². The molecule has 5 heteroatoms. The van der Waals surface area contributed by atoms with Crippen molar-refractivity contribution in [2.45, 2.75) is 31.7 Å². The summed E-state index contributed by atoms with van der Waals surface area (Å²) in [5, 5.41) is 3.09. The molecule has 0 saturated heterocycles. The van der Waals surface area contributed by atoms with E-state index in [1.54, 1.807) is 0 Å². The number of nitrogens with one attached hydrogen (secondary N) is 1. The maximum atomic E-state index is 12.8. The van der Waals surface area contributed by atoms with Crippen LogP contribution in [0.4, 0.5) is 4.39 Å². The summed E-state index contributed by atoms with van der Waals surface area (Å²) in [4.78, 5) is 14.2. The first-order valence-electron chi connectivity index (χ1n) is 7.87. The van der Waals surface area contributed by atoms with Gasteiger partial charge in [-0.15, -0.1) is 0 Å². The molecule has 0 aromatic heterocycles. The second-order valence-electron chi connectivity index (χ2n) is 6.22. The molecule has 1 fully saturated rings. The number of carbonyl (C=O) groups is 1. The average Bonchev–Trinajstić information content (AvgIpc) is 2.48. The van der Waals surface area contributed by atoms with E-state index in [1.807, 2.05) is 0 Å². The smallest absolute Gasteiger partial charge is 0.258 e. The molecular formula is C17H25FN2O2. The van der Waals surface area contributed by atoms with Gasteiger partial charge in [0.1, 0.15) is 11.6 Å². The van der Waals surface area contributed by atoms with E-state index in [9.17, 15) is 9.18 Å². The van der Waals surface area contributed by atoms with Crippen molar-refractivity contribution in [2.24, 2.45) is 5.92 Å². The maximum Gasteiger partial charge on any atom is 0.258 e. The summed E-state index contributed by atoms with van der Waals surface area (Å²) in [6, 6.07) is 5.92. The van der Waals surface area contributed by atoms with Gasteiger partial charge in [0.15, 0.2) is 6.61 Å². The highest BCUT2D eigenvalue weighted by atomic mass is 19.1. The molecule has 1 aliphatic carbocycles. The van der Waals surface area contributed by atoms with E-state index < -0.39 is 0 Å². The molecule has 122 valence electrons. The van der Waals surface area contributed by atoms with Crippen LogP contribution in [-0.4, -0.2) is 44.1 Å². The number of halogens is 1. The fraction of sp³-hybridized carbons (Fsp3) is 0.588. The molecule has 4 nitrogen and oxygen atoms in total. The van der Waals surface area contributed by atoms with Crippen LogP contribution in [0.2, 0.25) is 0 Å². The zero-order valence-corrected chi connectivity index (χ0v) is 13.3. The Labute approximate surface area is 131 Å². The Morgan fingerprint density at radius 2 is 1.95 bits per heavy atom. The lowest BCUT2D eigenvalue weighted by atomic mass is 9.84. The second-order valence-corrected chi connectivity index (χ2v) is 6.22. The van der Waals surface area contributed by atoms with Crippen LogP contribution in [0, 0.1) is 11.7 Å². The van der Waals surface area contributed by atoms with E-state index in [-0.39, 0.29) is 24.4 Å². The number of amides is 1. The Morgan fingerprint density at radius 1 is 1.27 bits per heavy atom. The van der Waals surface area contributed by atoms with Gasteiger partial charge in [-0.05, 0) is 57.1 Å². The quantitative estimate of drug-likeness (QED) is 0.877. The third-order valence-corrected chi connectivity index (χ3v) is 4.04. The van der Waals surface area contributed by atoms with E-state index in [0.717, 1.165) is 25.8 Å². The predicted octanol–water partition coefficient (Wildman–Crippen LogP) is 2.44. The van der Waals surface area contributed by atoms with Crippen molar-refractivity contribution in [1.82, 2.24) is 10.2 Å². The van der Waals surface area contributed by atoms with Crippen LogP contribution in [0.5, 0.6) is 5.75 Å². The Hall–Kier alpha value is -1.62. The topological polar surface area (TPSA) is 41.6 Å². The number of hydrogen-bond acceptors (Lipinski definition) is 3. The number of hydrogen-bond donors (Lipinski definition) is 1. The SMILES string of the molecule is CN(C)CC1CCCCC1NC(=O)COc1ccc(F)cc1. The molecule has 1 aliphatic rings. The monoisotopic (exact) mass is 308 g/mol. The Morgan fingerprint density at radius 3 is 2.64 bits per heavy atom. The standard InChI is InChI=1S/C17H25FN2O2/c1-20(2)11-13-5-3-4-6-16(13)19-17(21)12-22-15-9-7-14(18)8-10-15/h7-10,13,16H,3-6,11-12H2,1-2H3,(H,19,21). The third-order valence-electron chi connectivity index (χ3n) is 4.04. The lowest BCUT2D eigenvalue weighted by Crippen LogP contribution is -2.46. The van der Waals surface area contributed by atoms with Crippen molar-refractivity contribution in [3.05, 3.63) is 30.1 Å². The molecule has 1 N–H and O–H groups in total. The zero-order valence-electron chi connectivity index (χ0n) is 13.3. The van der Waals surface area contributed by atoms with Crippen molar-refractivity contribution in [3.8, 4) is 5.75 Å². The molecule has 0 heterocycles. The number of rotatable bonds is 6. The lowest BCUT2D eigenvalue weighted by molar-refractivity contribution is -0.124. The van der Waals surface area contributed by atoms with Crippen molar-refractivity contribution < 1.29 is 13.9 Å². The summed E-state index contributed by atoms with van der Waals surface area (Å²) in [6.07, 6.45) is 4.58. The molecule has 1 aromatic carbocycles. The first kappa shape index (κ1) is 16.7. The van der Waals surface area contributed by atoms with Gasteiger partial charge < -0.3 is 15.0 Å². The Bertz CT molecular complexity index is 476.